The van der Waals surface area contributed by atoms with Crippen LogP contribution in [-0.2, 0) is 9.53 Å². The molecule has 3 nitrogen and oxygen atoms in total. The molecule has 0 heterocycles. The van der Waals surface area contributed by atoms with Gasteiger partial charge in [0.15, 0.2) is 0 Å². The summed E-state index contributed by atoms with van der Waals surface area (Å²) in [6, 6.07) is 18.4. The summed E-state index contributed by atoms with van der Waals surface area (Å²) in [7, 11) is 1.51. The normalized spacial score (nSPS) is 11.9. The third-order valence-electron chi connectivity index (χ3n) is 3.17. The van der Waals surface area contributed by atoms with Crippen LogP contribution in [0, 0.1) is 0 Å². The fourth-order valence-corrected chi connectivity index (χ4v) is 2.09. The summed E-state index contributed by atoms with van der Waals surface area (Å²) in [6.07, 6.45) is 0. The van der Waals surface area contributed by atoms with Crippen molar-refractivity contribution in [2.24, 2.45) is 0 Å². The minimum atomic E-state index is -0.105. The molecule has 0 radical (unpaired) electrons. The molecule has 2 aromatic carbocycles. The van der Waals surface area contributed by atoms with Gasteiger partial charge in [0, 0.05) is 7.11 Å². The smallest absolute Gasteiger partial charge is 0.246 e. The van der Waals surface area contributed by atoms with Gasteiger partial charge in [-0.05, 0) is 23.6 Å². The van der Waals surface area contributed by atoms with E-state index in [9.17, 15) is 4.79 Å². The zero-order chi connectivity index (χ0) is 14.4. The van der Waals surface area contributed by atoms with Crippen LogP contribution in [0.15, 0.2) is 54.6 Å². The Morgan fingerprint density at radius 2 is 1.65 bits per heavy atom. The van der Waals surface area contributed by atoms with E-state index >= 15 is 0 Å². The number of methoxy groups -OCH3 is 1. The molecule has 0 aliphatic heterocycles. The van der Waals surface area contributed by atoms with Crippen molar-refractivity contribution in [3.63, 3.8) is 0 Å². The Labute approximate surface area is 119 Å². The highest BCUT2D eigenvalue weighted by molar-refractivity contribution is 5.77. The molecule has 0 spiro atoms. The quantitative estimate of drug-likeness (QED) is 0.905. The fraction of sp³-hybridized carbons (Fsp3) is 0.235. The number of ether oxygens (including phenoxy) is 1. The molecule has 0 fully saturated rings. The van der Waals surface area contributed by atoms with Crippen LogP contribution >= 0.6 is 0 Å². The third kappa shape index (κ3) is 3.68. The Balaban J connectivity index is 2.06. The average Bonchev–Trinajstić information content (AvgIpc) is 2.48. The van der Waals surface area contributed by atoms with Gasteiger partial charge in [0.1, 0.15) is 6.61 Å². The van der Waals surface area contributed by atoms with Crippen LogP contribution < -0.4 is 5.32 Å². The molecular weight excluding hydrogens is 250 g/mol. The van der Waals surface area contributed by atoms with Gasteiger partial charge in [-0.1, -0.05) is 54.6 Å². The lowest BCUT2D eigenvalue weighted by Gasteiger charge is -2.14. The molecule has 1 atom stereocenters. The Hall–Kier alpha value is -2.13. The molecule has 0 aliphatic carbocycles. The standard InChI is InChI=1S/C17H19NO2/c1-13(18-17(19)12-20-2)14-8-10-16(11-9-14)15-6-4-3-5-7-15/h3-11,13H,12H2,1-2H3,(H,18,19)/t13-/m0/s1. The maximum atomic E-state index is 11.5. The zero-order valence-electron chi connectivity index (χ0n) is 11.8. The Morgan fingerprint density at radius 1 is 1.05 bits per heavy atom. The molecule has 2 rings (SSSR count). The van der Waals surface area contributed by atoms with Gasteiger partial charge < -0.3 is 10.1 Å². The van der Waals surface area contributed by atoms with Crippen molar-refractivity contribution in [3.05, 3.63) is 60.2 Å². The second kappa shape index (κ2) is 6.87. The van der Waals surface area contributed by atoms with E-state index in [1.165, 1.54) is 18.2 Å². The average molecular weight is 269 g/mol. The fourth-order valence-electron chi connectivity index (χ4n) is 2.09. The molecular formula is C17H19NO2. The van der Waals surface area contributed by atoms with Crippen LogP contribution in [0.25, 0.3) is 11.1 Å². The van der Waals surface area contributed by atoms with Crippen LogP contribution in [0.1, 0.15) is 18.5 Å². The van der Waals surface area contributed by atoms with Gasteiger partial charge in [-0.3, -0.25) is 4.79 Å². The lowest BCUT2D eigenvalue weighted by atomic mass is 10.0. The number of rotatable bonds is 5. The molecule has 0 saturated heterocycles. The van der Waals surface area contributed by atoms with E-state index in [4.69, 9.17) is 4.74 Å². The van der Waals surface area contributed by atoms with E-state index in [-0.39, 0.29) is 18.6 Å². The summed E-state index contributed by atoms with van der Waals surface area (Å²) < 4.78 is 4.81. The summed E-state index contributed by atoms with van der Waals surface area (Å²) in [4.78, 5) is 11.5. The van der Waals surface area contributed by atoms with E-state index in [0.29, 0.717) is 0 Å². The number of benzene rings is 2. The molecule has 1 amide bonds. The van der Waals surface area contributed by atoms with Crippen LogP contribution in [0.2, 0.25) is 0 Å². The molecule has 0 aromatic heterocycles. The van der Waals surface area contributed by atoms with E-state index < -0.39 is 0 Å². The summed E-state index contributed by atoms with van der Waals surface area (Å²) >= 11 is 0. The van der Waals surface area contributed by atoms with Gasteiger partial charge in [-0.2, -0.15) is 0 Å². The van der Waals surface area contributed by atoms with E-state index in [1.54, 1.807) is 0 Å². The molecule has 104 valence electrons. The molecule has 0 saturated carbocycles. The second-order valence-electron chi connectivity index (χ2n) is 4.71. The van der Waals surface area contributed by atoms with Gasteiger partial charge in [-0.25, -0.2) is 0 Å². The Bertz CT molecular complexity index is 549. The number of hydrogen-bond acceptors (Lipinski definition) is 2. The minimum Gasteiger partial charge on any atom is -0.375 e. The van der Waals surface area contributed by atoms with Gasteiger partial charge >= 0.3 is 0 Å². The van der Waals surface area contributed by atoms with Crippen molar-refractivity contribution in [2.45, 2.75) is 13.0 Å². The van der Waals surface area contributed by atoms with Crippen LogP contribution in [0.3, 0.4) is 0 Å². The lowest BCUT2D eigenvalue weighted by Crippen LogP contribution is -2.29. The molecule has 20 heavy (non-hydrogen) atoms. The number of carbonyl (C=O) groups is 1. The summed E-state index contributed by atoms with van der Waals surface area (Å²) in [5, 5.41) is 2.89. The van der Waals surface area contributed by atoms with E-state index in [0.717, 1.165) is 5.56 Å². The molecule has 3 heteroatoms. The largest absolute Gasteiger partial charge is 0.375 e. The van der Waals surface area contributed by atoms with Crippen molar-refractivity contribution < 1.29 is 9.53 Å². The van der Waals surface area contributed by atoms with Gasteiger partial charge in [0.25, 0.3) is 0 Å². The van der Waals surface area contributed by atoms with Crippen molar-refractivity contribution in [3.8, 4) is 11.1 Å². The first-order valence-electron chi connectivity index (χ1n) is 6.64. The minimum absolute atomic E-state index is 0.0255. The van der Waals surface area contributed by atoms with Gasteiger partial charge in [0.05, 0.1) is 6.04 Å². The first-order chi connectivity index (χ1) is 9.70. The van der Waals surface area contributed by atoms with Gasteiger partial charge in [0.2, 0.25) is 5.91 Å². The predicted octanol–water partition coefficient (Wildman–Crippen LogP) is 3.18. The van der Waals surface area contributed by atoms with E-state index in [1.807, 2.05) is 37.3 Å². The maximum Gasteiger partial charge on any atom is 0.246 e. The van der Waals surface area contributed by atoms with Crippen molar-refractivity contribution in [1.29, 1.82) is 0 Å². The Kier molecular flexibility index (Phi) is 4.91. The number of nitrogens with one attached hydrogen (secondary N) is 1. The van der Waals surface area contributed by atoms with Crippen LogP contribution in [0.4, 0.5) is 0 Å². The zero-order valence-corrected chi connectivity index (χ0v) is 11.8. The van der Waals surface area contributed by atoms with Gasteiger partial charge in [-0.15, -0.1) is 0 Å². The molecule has 0 aliphatic rings. The topological polar surface area (TPSA) is 38.3 Å². The van der Waals surface area contributed by atoms with E-state index in [2.05, 4.69) is 29.6 Å². The van der Waals surface area contributed by atoms with Crippen molar-refractivity contribution >= 4 is 5.91 Å². The molecule has 1 N–H and O–H groups in total. The first kappa shape index (κ1) is 14.3. The molecule has 2 aromatic rings. The number of hydrogen-bond donors (Lipinski definition) is 1. The highest BCUT2D eigenvalue weighted by Gasteiger charge is 2.09. The lowest BCUT2D eigenvalue weighted by molar-refractivity contribution is -0.125. The molecule has 0 bridgehead atoms. The third-order valence-corrected chi connectivity index (χ3v) is 3.17. The first-order valence-corrected chi connectivity index (χ1v) is 6.64. The molecule has 0 unspecified atom stereocenters. The summed E-state index contributed by atoms with van der Waals surface area (Å²) in [6.45, 7) is 2.05. The summed E-state index contributed by atoms with van der Waals surface area (Å²) in [5.41, 5.74) is 3.44. The van der Waals surface area contributed by atoms with Crippen LogP contribution in [-0.4, -0.2) is 19.6 Å². The second-order valence-corrected chi connectivity index (χ2v) is 4.71. The monoisotopic (exact) mass is 269 g/mol. The number of amides is 1. The maximum absolute atomic E-state index is 11.5. The highest BCUT2D eigenvalue weighted by Crippen LogP contribution is 2.21. The number of carbonyl (C=O) groups excluding carboxylic acids is 1. The Morgan fingerprint density at radius 3 is 2.25 bits per heavy atom. The highest BCUT2D eigenvalue weighted by atomic mass is 16.5. The van der Waals surface area contributed by atoms with Crippen molar-refractivity contribution in [2.75, 3.05) is 13.7 Å². The van der Waals surface area contributed by atoms with Crippen molar-refractivity contribution in [1.82, 2.24) is 5.32 Å². The SMILES string of the molecule is COCC(=O)N[C@@H](C)c1ccc(-c2ccccc2)cc1. The van der Waals surface area contributed by atoms with Crippen LogP contribution in [0.5, 0.6) is 0 Å². The predicted molar refractivity (Wildman–Crippen MR) is 80.3 cm³/mol. The summed E-state index contributed by atoms with van der Waals surface area (Å²) in [5.74, 6) is -0.105.